The highest BCUT2D eigenvalue weighted by molar-refractivity contribution is 7.85. The summed E-state index contributed by atoms with van der Waals surface area (Å²) in [6, 6.07) is 28.6. The van der Waals surface area contributed by atoms with Gasteiger partial charge in [-0.15, -0.1) is 12.6 Å². The third kappa shape index (κ3) is 9.44. The Kier molecular flexibility index (Phi) is 9.77. The van der Waals surface area contributed by atoms with Crippen molar-refractivity contribution < 1.29 is 22.4 Å². The highest BCUT2D eigenvalue weighted by Crippen LogP contribution is 2.39. The van der Waals surface area contributed by atoms with Gasteiger partial charge in [-0.3, -0.25) is 4.55 Å². The van der Waals surface area contributed by atoms with Crippen molar-refractivity contribution in [1.29, 1.82) is 0 Å². The molecule has 0 saturated heterocycles. The normalized spacial score (nSPS) is 11.8. The first-order chi connectivity index (χ1) is 18.5. The Morgan fingerprint density at radius 2 is 1.15 bits per heavy atom. The van der Waals surface area contributed by atoms with E-state index >= 15 is 0 Å². The Morgan fingerprint density at radius 3 is 1.65 bits per heavy atom. The molecular formula is C33H38O5S2. The number of hydrogen-bond donors (Lipinski definition) is 2. The molecule has 0 aliphatic carbocycles. The smallest absolute Gasteiger partial charge is 0.294 e. The first-order valence-corrected chi connectivity index (χ1v) is 14.9. The second-order valence-corrected chi connectivity index (χ2v) is 13.4. The van der Waals surface area contributed by atoms with E-state index in [0.717, 1.165) is 44.2 Å². The van der Waals surface area contributed by atoms with Crippen LogP contribution in [0.15, 0.2) is 101 Å². The van der Waals surface area contributed by atoms with Gasteiger partial charge in [-0.2, -0.15) is 8.42 Å². The Bertz CT molecular complexity index is 1550. The van der Waals surface area contributed by atoms with Crippen LogP contribution in [-0.2, 0) is 10.1 Å². The standard InChI is InChI=1S/C26H30O2S.C7H8O3S/c1-25(2,3)27-20-12-7-10-18(16-20)22-14-9-15-23(29)24(22)19-11-8-13-21(17-19)28-26(4,5)6;1-6-2-4-7(5-3-6)11(8,9)10/h7-17,29H,1-6H3;2-5H,1H3,(H,8,9,10). The molecule has 7 heteroatoms. The predicted molar refractivity (Wildman–Crippen MR) is 166 cm³/mol. The van der Waals surface area contributed by atoms with Crippen molar-refractivity contribution >= 4 is 22.7 Å². The fourth-order valence-electron chi connectivity index (χ4n) is 3.94. The summed E-state index contributed by atoms with van der Waals surface area (Å²) in [6.45, 7) is 14.2. The van der Waals surface area contributed by atoms with Crippen LogP contribution in [0.25, 0.3) is 22.3 Å². The van der Waals surface area contributed by atoms with Gasteiger partial charge in [-0.25, -0.2) is 0 Å². The van der Waals surface area contributed by atoms with E-state index in [-0.39, 0.29) is 16.1 Å². The molecule has 0 heterocycles. The van der Waals surface area contributed by atoms with E-state index in [0.29, 0.717) is 0 Å². The summed E-state index contributed by atoms with van der Waals surface area (Å²) in [5.41, 5.74) is 4.84. The lowest BCUT2D eigenvalue weighted by Gasteiger charge is -2.23. The molecule has 5 nitrogen and oxygen atoms in total. The van der Waals surface area contributed by atoms with E-state index in [4.69, 9.17) is 26.7 Å². The Hall–Kier alpha value is -3.26. The van der Waals surface area contributed by atoms with Crippen LogP contribution in [0.1, 0.15) is 47.1 Å². The lowest BCUT2D eigenvalue weighted by atomic mass is 9.94. The lowest BCUT2D eigenvalue weighted by Crippen LogP contribution is -2.22. The van der Waals surface area contributed by atoms with Gasteiger partial charge in [0.05, 0.1) is 4.90 Å². The number of rotatable bonds is 5. The zero-order valence-corrected chi connectivity index (χ0v) is 25.8. The fourth-order valence-corrected chi connectivity index (χ4v) is 4.76. The van der Waals surface area contributed by atoms with Gasteiger partial charge in [0.15, 0.2) is 0 Å². The van der Waals surface area contributed by atoms with Gasteiger partial charge in [-0.1, -0.05) is 54.1 Å². The van der Waals surface area contributed by atoms with Gasteiger partial charge in [0.25, 0.3) is 10.1 Å². The van der Waals surface area contributed by atoms with Gasteiger partial charge in [0, 0.05) is 10.5 Å². The second kappa shape index (κ2) is 12.5. The molecule has 0 unspecified atom stereocenters. The minimum Gasteiger partial charge on any atom is -0.488 e. The molecule has 0 atom stereocenters. The quantitative estimate of drug-likeness (QED) is 0.183. The third-order valence-corrected chi connectivity index (χ3v) is 6.72. The van der Waals surface area contributed by atoms with Crippen LogP contribution in [0.4, 0.5) is 0 Å². The number of benzene rings is 4. The largest absolute Gasteiger partial charge is 0.488 e. The van der Waals surface area contributed by atoms with Crippen LogP contribution in [-0.4, -0.2) is 24.2 Å². The molecule has 0 bridgehead atoms. The van der Waals surface area contributed by atoms with Crippen LogP contribution >= 0.6 is 12.6 Å². The van der Waals surface area contributed by atoms with Crippen LogP contribution in [0.5, 0.6) is 11.5 Å². The average Bonchev–Trinajstić information content (AvgIpc) is 2.82. The zero-order chi connectivity index (χ0) is 29.7. The molecule has 0 fully saturated rings. The summed E-state index contributed by atoms with van der Waals surface area (Å²) in [5, 5.41) is 0. The van der Waals surface area contributed by atoms with E-state index in [2.05, 4.69) is 71.9 Å². The van der Waals surface area contributed by atoms with Crippen molar-refractivity contribution in [3.8, 4) is 33.8 Å². The van der Waals surface area contributed by atoms with Crippen molar-refractivity contribution in [2.24, 2.45) is 0 Å². The van der Waals surface area contributed by atoms with Gasteiger partial charge in [0.2, 0.25) is 0 Å². The van der Waals surface area contributed by atoms with Crippen LogP contribution in [0.2, 0.25) is 0 Å². The lowest BCUT2D eigenvalue weighted by molar-refractivity contribution is 0.130. The van der Waals surface area contributed by atoms with Gasteiger partial charge < -0.3 is 9.47 Å². The van der Waals surface area contributed by atoms with Crippen LogP contribution in [0, 0.1) is 6.92 Å². The molecule has 0 amide bonds. The van der Waals surface area contributed by atoms with Gasteiger partial charge in [-0.05, 0) is 108 Å². The van der Waals surface area contributed by atoms with Crippen molar-refractivity contribution in [3.05, 3.63) is 96.6 Å². The molecule has 0 spiro atoms. The first-order valence-electron chi connectivity index (χ1n) is 13.0. The molecule has 4 aromatic rings. The molecule has 0 aromatic heterocycles. The minimum atomic E-state index is -4.02. The van der Waals surface area contributed by atoms with Crippen molar-refractivity contribution in [2.45, 2.75) is 69.5 Å². The Morgan fingerprint density at radius 1 is 0.675 bits per heavy atom. The highest BCUT2D eigenvalue weighted by atomic mass is 32.2. The highest BCUT2D eigenvalue weighted by Gasteiger charge is 2.16. The minimum absolute atomic E-state index is 0.0666. The summed E-state index contributed by atoms with van der Waals surface area (Å²) >= 11 is 4.77. The van der Waals surface area contributed by atoms with Crippen LogP contribution in [0.3, 0.4) is 0 Å². The molecule has 4 aromatic carbocycles. The van der Waals surface area contributed by atoms with Crippen LogP contribution < -0.4 is 9.47 Å². The van der Waals surface area contributed by atoms with Gasteiger partial charge in [0.1, 0.15) is 22.7 Å². The Labute approximate surface area is 244 Å². The van der Waals surface area contributed by atoms with E-state index < -0.39 is 10.1 Å². The van der Waals surface area contributed by atoms with Gasteiger partial charge >= 0.3 is 0 Å². The molecule has 212 valence electrons. The monoisotopic (exact) mass is 578 g/mol. The van der Waals surface area contributed by atoms with E-state index in [9.17, 15) is 8.42 Å². The van der Waals surface area contributed by atoms with E-state index in [1.807, 2.05) is 43.3 Å². The molecule has 0 aliphatic heterocycles. The topological polar surface area (TPSA) is 72.8 Å². The van der Waals surface area contributed by atoms with Crippen molar-refractivity contribution in [2.75, 3.05) is 0 Å². The molecule has 40 heavy (non-hydrogen) atoms. The maximum atomic E-state index is 10.5. The number of aryl methyl sites for hydroxylation is 1. The van der Waals surface area contributed by atoms with Crippen molar-refractivity contribution in [3.63, 3.8) is 0 Å². The summed E-state index contributed by atoms with van der Waals surface area (Å²) in [7, 11) is -4.02. The average molecular weight is 579 g/mol. The maximum absolute atomic E-state index is 10.5. The summed E-state index contributed by atoms with van der Waals surface area (Å²) in [5.74, 6) is 1.71. The second-order valence-electron chi connectivity index (χ2n) is 11.5. The summed E-state index contributed by atoms with van der Waals surface area (Å²) < 4.78 is 41.7. The van der Waals surface area contributed by atoms with Crippen molar-refractivity contribution in [1.82, 2.24) is 0 Å². The molecule has 0 radical (unpaired) electrons. The molecular weight excluding hydrogens is 540 g/mol. The number of ether oxygens (including phenoxy) is 2. The molecule has 0 saturated carbocycles. The van der Waals surface area contributed by atoms with E-state index in [1.54, 1.807) is 12.1 Å². The predicted octanol–water partition coefficient (Wildman–Crippen LogP) is 8.91. The first kappa shape index (κ1) is 31.3. The SMILES string of the molecule is CC(C)(C)Oc1cccc(-c2cccc(S)c2-c2cccc(OC(C)(C)C)c2)c1.Cc1ccc(S(=O)(=O)O)cc1. The summed E-state index contributed by atoms with van der Waals surface area (Å²) in [6.07, 6.45) is 0. The fraction of sp³-hybridized carbons (Fsp3) is 0.273. The Balaban J connectivity index is 0.000000336. The maximum Gasteiger partial charge on any atom is 0.294 e. The molecule has 4 rings (SSSR count). The summed E-state index contributed by atoms with van der Waals surface area (Å²) in [4.78, 5) is 0.862. The molecule has 1 N–H and O–H groups in total. The zero-order valence-electron chi connectivity index (χ0n) is 24.1. The third-order valence-electron chi connectivity index (χ3n) is 5.48. The number of hydrogen-bond acceptors (Lipinski definition) is 5. The number of thiol groups is 1. The molecule has 0 aliphatic rings. The van der Waals surface area contributed by atoms with E-state index in [1.165, 1.54) is 12.1 Å².